The van der Waals surface area contributed by atoms with Gasteiger partial charge in [-0.2, -0.15) is 4.98 Å². The number of methoxy groups -OCH3 is 1. The van der Waals surface area contributed by atoms with Gasteiger partial charge in [0.2, 0.25) is 11.7 Å². The zero-order valence-corrected chi connectivity index (χ0v) is 11.0. The zero-order chi connectivity index (χ0) is 12.7. The maximum Gasteiger partial charge on any atom is 0.226 e. The molecule has 0 fully saturated rings. The second-order valence-corrected chi connectivity index (χ2v) is 4.55. The zero-order valence-electron chi connectivity index (χ0n) is 11.0. The van der Waals surface area contributed by atoms with Crippen molar-refractivity contribution in [2.24, 2.45) is 11.7 Å². The summed E-state index contributed by atoms with van der Waals surface area (Å²) in [4.78, 5) is 4.37. The van der Waals surface area contributed by atoms with E-state index in [0.29, 0.717) is 17.6 Å². The van der Waals surface area contributed by atoms with Gasteiger partial charge in [0.15, 0.2) is 0 Å². The average Bonchev–Trinajstić information content (AvgIpc) is 2.74. The third kappa shape index (κ3) is 4.44. The van der Waals surface area contributed by atoms with Gasteiger partial charge in [-0.3, -0.25) is 0 Å². The molecule has 0 aliphatic rings. The molecule has 1 heterocycles. The van der Waals surface area contributed by atoms with E-state index in [1.54, 1.807) is 7.11 Å². The minimum atomic E-state index is -0.0865. The summed E-state index contributed by atoms with van der Waals surface area (Å²) in [6.07, 6.45) is 3.93. The lowest BCUT2D eigenvalue weighted by Gasteiger charge is -2.14. The summed E-state index contributed by atoms with van der Waals surface area (Å²) in [6.45, 7) is 4.89. The van der Waals surface area contributed by atoms with Crippen molar-refractivity contribution in [3.63, 3.8) is 0 Å². The van der Waals surface area contributed by atoms with E-state index in [2.05, 4.69) is 24.0 Å². The first-order chi connectivity index (χ1) is 8.19. The van der Waals surface area contributed by atoms with Crippen LogP contribution in [-0.4, -0.2) is 23.8 Å². The fourth-order valence-corrected chi connectivity index (χ4v) is 1.76. The molecular formula is C12H23N3O2. The molecule has 2 N–H and O–H groups in total. The highest BCUT2D eigenvalue weighted by Gasteiger charge is 2.20. The lowest BCUT2D eigenvalue weighted by atomic mass is 10.1. The average molecular weight is 241 g/mol. The van der Waals surface area contributed by atoms with Gasteiger partial charge in [-0.1, -0.05) is 25.4 Å². The van der Waals surface area contributed by atoms with Gasteiger partial charge in [0, 0.05) is 13.5 Å². The SMILES string of the molecule is COC(c1noc(CCCCCN)n1)C(C)C. The van der Waals surface area contributed by atoms with Crippen LogP contribution >= 0.6 is 0 Å². The predicted molar refractivity (Wildman–Crippen MR) is 65.5 cm³/mol. The van der Waals surface area contributed by atoms with Gasteiger partial charge in [0.1, 0.15) is 6.10 Å². The van der Waals surface area contributed by atoms with E-state index in [1.807, 2.05) is 0 Å². The van der Waals surface area contributed by atoms with Crippen molar-refractivity contribution in [2.45, 2.75) is 45.6 Å². The molecule has 0 saturated carbocycles. The number of nitrogens with zero attached hydrogens (tertiary/aromatic N) is 2. The maximum atomic E-state index is 5.44. The summed E-state index contributed by atoms with van der Waals surface area (Å²) in [5.41, 5.74) is 5.44. The molecule has 0 aliphatic heterocycles. The summed E-state index contributed by atoms with van der Waals surface area (Å²) in [6, 6.07) is 0. The summed E-state index contributed by atoms with van der Waals surface area (Å²) in [5.74, 6) is 1.68. The molecule has 98 valence electrons. The van der Waals surface area contributed by atoms with E-state index in [0.717, 1.165) is 32.2 Å². The maximum absolute atomic E-state index is 5.44. The third-order valence-electron chi connectivity index (χ3n) is 2.69. The first kappa shape index (κ1) is 14.1. The fourth-order valence-electron chi connectivity index (χ4n) is 1.76. The smallest absolute Gasteiger partial charge is 0.226 e. The second kappa shape index (κ2) is 7.40. The number of hydrogen-bond acceptors (Lipinski definition) is 5. The van der Waals surface area contributed by atoms with E-state index >= 15 is 0 Å². The van der Waals surface area contributed by atoms with Crippen LogP contribution < -0.4 is 5.73 Å². The largest absolute Gasteiger partial charge is 0.373 e. The topological polar surface area (TPSA) is 74.2 Å². The lowest BCUT2D eigenvalue weighted by molar-refractivity contribution is 0.0555. The molecule has 0 aliphatic carbocycles. The predicted octanol–water partition coefficient (Wildman–Crippen LogP) is 2.08. The molecule has 0 saturated heterocycles. The fraction of sp³-hybridized carbons (Fsp3) is 0.833. The van der Waals surface area contributed by atoms with Crippen LogP contribution in [0, 0.1) is 5.92 Å². The third-order valence-corrected chi connectivity index (χ3v) is 2.69. The standard InChI is InChI=1S/C12H23N3O2/c1-9(2)11(16-3)12-14-10(17-15-12)7-5-4-6-8-13/h9,11H,4-8,13H2,1-3H3. The Morgan fingerprint density at radius 1 is 1.29 bits per heavy atom. The molecule has 1 unspecified atom stereocenters. The van der Waals surface area contributed by atoms with Crippen LogP contribution in [0.15, 0.2) is 4.52 Å². The van der Waals surface area contributed by atoms with Gasteiger partial charge in [0.05, 0.1) is 0 Å². The Morgan fingerprint density at radius 3 is 2.65 bits per heavy atom. The molecule has 0 radical (unpaired) electrons. The van der Waals surface area contributed by atoms with Crippen LogP contribution in [0.1, 0.15) is 50.9 Å². The Labute approximate surface area is 103 Å². The summed E-state index contributed by atoms with van der Waals surface area (Å²) >= 11 is 0. The molecule has 0 bridgehead atoms. The van der Waals surface area contributed by atoms with Gasteiger partial charge in [0.25, 0.3) is 0 Å². The number of nitrogens with two attached hydrogens (primary N) is 1. The van der Waals surface area contributed by atoms with Gasteiger partial charge < -0.3 is 15.0 Å². The van der Waals surface area contributed by atoms with Crippen LogP contribution in [0.3, 0.4) is 0 Å². The van der Waals surface area contributed by atoms with Gasteiger partial charge in [-0.05, 0) is 25.3 Å². The Hall–Kier alpha value is -0.940. The molecule has 17 heavy (non-hydrogen) atoms. The molecule has 5 heteroatoms. The van der Waals surface area contributed by atoms with Crippen molar-refractivity contribution < 1.29 is 9.26 Å². The minimum absolute atomic E-state index is 0.0865. The molecule has 1 atom stereocenters. The Kier molecular flexibility index (Phi) is 6.15. The highest BCUT2D eigenvalue weighted by molar-refractivity contribution is 4.92. The monoisotopic (exact) mass is 241 g/mol. The number of unbranched alkanes of at least 4 members (excludes halogenated alkanes) is 2. The van der Waals surface area contributed by atoms with Crippen molar-refractivity contribution in [3.05, 3.63) is 11.7 Å². The molecule has 5 nitrogen and oxygen atoms in total. The number of rotatable bonds is 8. The van der Waals surface area contributed by atoms with Crippen molar-refractivity contribution in [3.8, 4) is 0 Å². The first-order valence-electron chi connectivity index (χ1n) is 6.24. The number of aryl methyl sites for hydroxylation is 1. The number of hydrogen-bond donors (Lipinski definition) is 1. The lowest BCUT2D eigenvalue weighted by Crippen LogP contribution is -2.10. The Morgan fingerprint density at radius 2 is 2.06 bits per heavy atom. The first-order valence-corrected chi connectivity index (χ1v) is 6.24. The summed E-state index contributed by atoms with van der Waals surface area (Å²) < 4.78 is 10.6. The van der Waals surface area contributed by atoms with E-state index < -0.39 is 0 Å². The Bertz CT molecular complexity index is 312. The minimum Gasteiger partial charge on any atom is -0.373 e. The van der Waals surface area contributed by atoms with E-state index in [-0.39, 0.29) is 6.10 Å². The normalized spacial score (nSPS) is 13.2. The summed E-state index contributed by atoms with van der Waals surface area (Å²) in [5, 5.41) is 3.97. The van der Waals surface area contributed by atoms with Crippen LogP contribution in [0.2, 0.25) is 0 Å². The van der Waals surface area contributed by atoms with E-state index in [9.17, 15) is 0 Å². The molecular weight excluding hydrogens is 218 g/mol. The molecule has 1 aromatic heterocycles. The van der Waals surface area contributed by atoms with Crippen LogP contribution in [0.25, 0.3) is 0 Å². The highest BCUT2D eigenvalue weighted by Crippen LogP contribution is 2.22. The quantitative estimate of drug-likeness (QED) is 0.705. The second-order valence-electron chi connectivity index (χ2n) is 4.55. The molecule has 0 aromatic carbocycles. The molecule has 0 spiro atoms. The van der Waals surface area contributed by atoms with Crippen molar-refractivity contribution >= 4 is 0 Å². The van der Waals surface area contributed by atoms with Crippen LogP contribution in [0.4, 0.5) is 0 Å². The van der Waals surface area contributed by atoms with Gasteiger partial charge in [-0.25, -0.2) is 0 Å². The van der Waals surface area contributed by atoms with E-state index in [1.165, 1.54) is 0 Å². The van der Waals surface area contributed by atoms with Crippen molar-refractivity contribution in [1.29, 1.82) is 0 Å². The van der Waals surface area contributed by atoms with Gasteiger partial charge in [-0.15, -0.1) is 0 Å². The van der Waals surface area contributed by atoms with Crippen LogP contribution in [-0.2, 0) is 11.2 Å². The van der Waals surface area contributed by atoms with Crippen molar-refractivity contribution in [1.82, 2.24) is 10.1 Å². The summed E-state index contributed by atoms with van der Waals surface area (Å²) in [7, 11) is 1.67. The van der Waals surface area contributed by atoms with Gasteiger partial charge >= 0.3 is 0 Å². The van der Waals surface area contributed by atoms with Crippen LogP contribution in [0.5, 0.6) is 0 Å². The molecule has 1 rings (SSSR count). The van der Waals surface area contributed by atoms with Crippen molar-refractivity contribution in [2.75, 3.05) is 13.7 Å². The molecule has 1 aromatic rings. The highest BCUT2D eigenvalue weighted by atomic mass is 16.5. The van der Waals surface area contributed by atoms with E-state index in [4.69, 9.17) is 15.0 Å². The Balaban J connectivity index is 2.46. The number of ether oxygens (including phenoxy) is 1. The number of aromatic nitrogens is 2. The molecule has 0 amide bonds.